The van der Waals surface area contributed by atoms with Crippen molar-refractivity contribution >= 4 is 26.0 Å². The Kier molecular flexibility index (Phi) is 3.28. The van der Waals surface area contributed by atoms with Crippen LogP contribution in [0.4, 0.5) is 0 Å². The van der Waals surface area contributed by atoms with Gasteiger partial charge in [-0.25, -0.2) is 8.42 Å². The Bertz CT molecular complexity index is 676. The number of benzene rings is 1. The van der Waals surface area contributed by atoms with E-state index in [1.54, 1.807) is 6.07 Å². The zero-order valence-electron chi connectivity index (χ0n) is 11.0. The van der Waals surface area contributed by atoms with Crippen LogP contribution in [0.25, 0.3) is 0 Å². The molecule has 1 N–H and O–H groups in total. The summed E-state index contributed by atoms with van der Waals surface area (Å²) in [5.41, 5.74) is -0.482. The van der Waals surface area contributed by atoms with E-state index in [0.29, 0.717) is 10.9 Å². The number of halogens is 1. The number of hydrogen-bond acceptors (Lipinski definition) is 3. The predicted octanol–water partition coefficient (Wildman–Crippen LogP) is 2.73. The Morgan fingerprint density at radius 2 is 2.00 bits per heavy atom. The van der Waals surface area contributed by atoms with Crippen molar-refractivity contribution in [1.82, 2.24) is 4.72 Å². The minimum absolute atomic E-state index is 0.171. The summed E-state index contributed by atoms with van der Waals surface area (Å²) in [6.07, 6.45) is 0.527. The summed E-state index contributed by atoms with van der Waals surface area (Å²) in [5.74, 6) is 0. The van der Waals surface area contributed by atoms with Gasteiger partial charge in [0.1, 0.15) is 5.54 Å². The molecule has 0 spiro atoms. The zero-order valence-corrected chi connectivity index (χ0v) is 13.4. The van der Waals surface area contributed by atoms with Crippen LogP contribution in [-0.4, -0.2) is 14.0 Å². The standard InChI is InChI=1S/C13H15BrN2O2S/c1-9-5-4-6-10(11(9)14)19(17,18)16-13(8-15)7-12(13,2)3/h4-6,16H,7H2,1-3H3. The number of sulfonamides is 1. The molecule has 102 valence electrons. The average Bonchev–Trinajstić information content (AvgIpc) is 2.83. The number of nitriles is 1. The van der Waals surface area contributed by atoms with Gasteiger partial charge in [0.15, 0.2) is 0 Å². The van der Waals surface area contributed by atoms with Gasteiger partial charge in [0, 0.05) is 9.89 Å². The third-order valence-electron chi connectivity index (χ3n) is 3.68. The predicted molar refractivity (Wildman–Crippen MR) is 75.9 cm³/mol. The van der Waals surface area contributed by atoms with Gasteiger partial charge in [0.05, 0.1) is 11.0 Å². The summed E-state index contributed by atoms with van der Waals surface area (Å²) in [4.78, 5) is 0.171. The maximum atomic E-state index is 12.4. The molecule has 19 heavy (non-hydrogen) atoms. The molecule has 0 saturated heterocycles. The van der Waals surface area contributed by atoms with Gasteiger partial charge >= 0.3 is 0 Å². The number of hydrogen-bond donors (Lipinski definition) is 1. The molecule has 0 aromatic heterocycles. The fraction of sp³-hybridized carbons (Fsp3) is 0.462. The molecule has 2 rings (SSSR count). The van der Waals surface area contributed by atoms with Crippen LogP contribution >= 0.6 is 15.9 Å². The Balaban J connectivity index is 2.41. The van der Waals surface area contributed by atoms with Crippen LogP contribution in [0, 0.1) is 23.7 Å². The van der Waals surface area contributed by atoms with Gasteiger partial charge in [-0.2, -0.15) is 9.98 Å². The van der Waals surface area contributed by atoms with E-state index in [9.17, 15) is 13.7 Å². The molecule has 1 fully saturated rings. The number of aryl methyl sites for hydroxylation is 1. The van der Waals surface area contributed by atoms with E-state index < -0.39 is 15.6 Å². The van der Waals surface area contributed by atoms with E-state index in [0.717, 1.165) is 5.56 Å². The first kappa shape index (κ1) is 14.5. The lowest BCUT2D eigenvalue weighted by molar-refractivity contribution is 0.513. The number of nitrogens with one attached hydrogen (secondary N) is 1. The van der Waals surface area contributed by atoms with Crippen LogP contribution in [0.5, 0.6) is 0 Å². The summed E-state index contributed by atoms with van der Waals surface area (Å²) in [6.45, 7) is 5.58. The Morgan fingerprint density at radius 1 is 1.42 bits per heavy atom. The Labute approximate surface area is 122 Å². The van der Waals surface area contributed by atoms with E-state index in [1.165, 1.54) is 6.07 Å². The molecule has 4 nitrogen and oxygen atoms in total. The Morgan fingerprint density at radius 3 is 2.47 bits per heavy atom. The molecular formula is C13H15BrN2O2S. The lowest BCUT2D eigenvalue weighted by Gasteiger charge is -2.16. The van der Waals surface area contributed by atoms with Crippen molar-refractivity contribution in [3.63, 3.8) is 0 Å². The minimum atomic E-state index is -3.71. The first-order valence-electron chi connectivity index (χ1n) is 5.86. The summed E-state index contributed by atoms with van der Waals surface area (Å²) < 4.78 is 27.9. The molecule has 1 atom stereocenters. The van der Waals surface area contributed by atoms with Crippen molar-refractivity contribution in [2.24, 2.45) is 5.41 Å². The van der Waals surface area contributed by atoms with E-state index in [2.05, 4.69) is 26.7 Å². The molecule has 0 amide bonds. The van der Waals surface area contributed by atoms with E-state index in [-0.39, 0.29) is 10.3 Å². The quantitative estimate of drug-likeness (QED) is 0.917. The van der Waals surface area contributed by atoms with Gasteiger partial charge in [-0.15, -0.1) is 0 Å². The van der Waals surface area contributed by atoms with Crippen molar-refractivity contribution in [3.05, 3.63) is 28.2 Å². The van der Waals surface area contributed by atoms with Crippen LogP contribution in [0.1, 0.15) is 25.8 Å². The van der Waals surface area contributed by atoms with E-state index in [4.69, 9.17) is 0 Å². The van der Waals surface area contributed by atoms with Gasteiger partial charge in [0.2, 0.25) is 10.0 Å². The average molecular weight is 343 g/mol. The second-order valence-electron chi connectivity index (χ2n) is 5.57. The monoisotopic (exact) mass is 342 g/mol. The lowest BCUT2D eigenvalue weighted by Crippen LogP contribution is -2.39. The molecule has 1 unspecified atom stereocenters. The SMILES string of the molecule is Cc1cccc(S(=O)(=O)NC2(C#N)CC2(C)C)c1Br. The maximum Gasteiger partial charge on any atom is 0.243 e. The highest BCUT2D eigenvalue weighted by atomic mass is 79.9. The van der Waals surface area contributed by atoms with Crippen molar-refractivity contribution in [1.29, 1.82) is 5.26 Å². The summed E-state index contributed by atoms with van der Waals surface area (Å²) in [5, 5.41) is 9.24. The van der Waals surface area contributed by atoms with Crippen LogP contribution in [0.15, 0.2) is 27.6 Å². The van der Waals surface area contributed by atoms with Gasteiger partial charge < -0.3 is 0 Å². The first-order chi connectivity index (χ1) is 8.65. The lowest BCUT2D eigenvalue weighted by atomic mass is 10.1. The molecular weight excluding hydrogens is 328 g/mol. The van der Waals surface area contributed by atoms with Gasteiger partial charge in [-0.3, -0.25) is 0 Å². The fourth-order valence-electron chi connectivity index (χ4n) is 2.12. The van der Waals surface area contributed by atoms with E-state index >= 15 is 0 Å². The van der Waals surface area contributed by atoms with Gasteiger partial charge in [0.25, 0.3) is 0 Å². The highest BCUT2D eigenvalue weighted by Gasteiger charge is 2.64. The third-order valence-corrected chi connectivity index (χ3v) is 6.53. The molecule has 6 heteroatoms. The molecule has 1 aromatic carbocycles. The molecule has 1 saturated carbocycles. The molecule has 1 aliphatic carbocycles. The highest BCUT2D eigenvalue weighted by Crippen LogP contribution is 2.55. The van der Waals surface area contributed by atoms with Gasteiger partial charge in [-0.05, 0) is 40.9 Å². The second-order valence-corrected chi connectivity index (χ2v) is 8.01. The second kappa shape index (κ2) is 4.30. The topological polar surface area (TPSA) is 70.0 Å². The largest absolute Gasteiger partial charge is 0.243 e. The smallest absolute Gasteiger partial charge is 0.207 e. The summed E-state index contributed by atoms with van der Waals surface area (Å²) in [6, 6.07) is 7.13. The van der Waals surface area contributed by atoms with Crippen molar-refractivity contribution in [3.8, 4) is 6.07 Å². The van der Waals surface area contributed by atoms with Crippen LogP contribution in [0.3, 0.4) is 0 Å². The fourth-order valence-corrected chi connectivity index (χ4v) is 4.64. The zero-order chi connectivity index (χ0) is 14.5. The first-order valence-corrected chi connectivity index (χ1v) is 8.13. The minimum Gasteiger partial charge on any atom is -0.207 e. The number of nitrogens with zero attached hydrogens (tertiary/aromatic N) is 1. The van der Waals surface area contributed by atoms with Crippen molar-refractivity contribution in [2.45, 2.75) is 37.6 Å². The van der Waals surface area contributed by atoms with Crippen LogP contribution in [0.2, 0.25) is 0 Å². The molecule has 1 aliphatic rings. The van der Waals surface area contributed by atoms with Crippen LogP contribution < -0.4 is 4.72 Å². The molecule has 1 aromatic rings. The third kappa shape index (κ3) is 2.31. The molecule has 0 radical (unpaired) electrons. The maximum absolute atomic E-state index is 12.4. The Hall–Kier alpha value is -0.900. The molecule has 0 bridgehead atoms. The molecule has 0 aliphatic heterocycles. The van der Waals surface area contributed by atoms with E-state index in [1.807, 2.05) is 26.8 Å². The summed E-state index contributed by atoms with van der Waals surface area (Å²) >= 11 is 3.29. The summed E-state index contributed by atoms with van der Waals surface area (Å²) in [7, 11) is -3.71. The van der Waals surface area contributed by atoms with Crippen molar-refractivity contribution in [2.75, 3.05) is 0 Å². The van der Waals surface area contributed by atoms with Crippen molar-refractivity contribution < 1.29 is 8.42 Å². The normalized spacial score (nSPS) is 24.8. The van der Waals surface area contributed by atoms with Crippen LogP contribution in [-0.2, 0) is 10.0 Å². The molecule has 0 heterocycles. The van der Waals surface area contributed by atoms with Gasteiger partial charge in [-0.1, -0.05) is 26.0 Å². The highest BCUT2D eigenvalue weighted by molar-refractivity contribution is 9.10. The number of rotatable bonds is 3.